The van der Waals surface area contributed by atoms with E-state index in [0.29, 0.717) is 13.0 Å². The van der Waals surface area contributed by atoms with Gasteiger partial charge in [-0.25, -0.2) is 0 Å². The van der Waals surface area contributed by atoms with Gasteiger partial charge in [-0.15, -0.1) is 12.4 Å². The highest BCUT2D eigenvalue weighted by Crippen LogP contribution is 2.17. The molecule has 1 fully saturated rings. The first-order chi connectivity index (χ1) is 9.56. The number of carbonyl (C=O) groups excluding carboxylic acids is 1. The van der Waals surface area contributed by atoms with Crippen LogP contribution in [-0.2, 0) is 9.59 Å². The van der Waals surface area contributed by atoms with Crippen LogP contribution in [0.4, 0.5) is 5.69 Å². The average molecular weight is 425 g/mol. The second-order valence-corrected chi connectivity index (χ2v) is 6.12. The van der Waals surface area contributed by atoms with Crippen molar-refractivity contribution in [3.63, 3.8) is 0 Å². The number of anilines is 1. The molecule has 7 heteroatoms. The third kappa shape index (κ3) is 5.44. The second-order valence-electron chi connectivity index (χ2n) is 4.88. The predicted octanol–water partition coefficient (Wildman–Crippen LogP) is 2.59. The molecule has 5 nitrogen and oxygen atoms in total. The zero-order valence-corrected chi connectivity index (χ0v) is 14.4. The summed E-state index contributed by atoms with van der Waals surface area (Å²) in [6.07, 6.45) is 2.47. The summed E-state index contributed by atoms with van der Waals surface area (Å²) in [6, 6.07) is 6.97. The van der Waals surface area contributed by atoms with E-state index in [1.807, 2.05) is 24.3 Å². The highest BCUT2D eigenvalue weighted by molar-refractivity contribution is 14.1. The van der Waals surface area contributed by atoms with E-state index in [0.717, 1.165) is 22.1 Å². The molecular weight excluding hydrogens is 407 g/mol. The maximum absolute atomic E-state index is 12.0. The maximum Gasteiger partial charge on any atom is 0.320 e. The van der Waals surface area contributed by atoms with Gasteiger partial charge in [0.05, 0.1) is 6.54 Å². The van der Waals surface area contributed by atoms with Crippen molar-refractivity contribution < 1.29 is 14.7 Å². The molecule has 1 aliphatic rings. The van der Waals surface area contributed by atoms with Crippen LogP contribution in [0.2, 0.25) is 0 Å². The number of nitrogens with one attached hydrogen (secondary N) is 1. The van der Waals surface area contributed by atoms with E-state index in [4.69, 9.17) is 5.11 Å². The molecule has 0 aromatic heterocycles. The quantitative estimate of drug-likeness (QED) is 0.729. The van der Waals surface area contributed by atoms with Gasteiger partial charge in [0.1, 0.15) is 6.04 Å². The van der Waals surface area contributed by atoms with E-state index in [2.05, 4.69) is 27.9 Å². The van der Waals surface area contributed by atoms with Gasteiger partial charge < -0.3 is 10.4 Å². The van der Waals surface area contributed by atoms with Crippen LogP contribution in [0.15, 0.2) is 24.3 Å². The average Bonchev–Trinajstić information content (AvgIpc) is 2.41. The normalized spacial score (nSPS) is 18.6. The Bertz CT molecular complexity index is 495. The summed E-state index contributed by atoms with van der Waals surface area (Å²) in [5, 5.41) is 12.0. The number of aliphatic carboxylic acids is 1. The fourth-order valence-corrected chi connectivity index (χ4v) is 2.74. The van der Waals surface area contributed by atoms with Crippen molar-refractivity contribution in [2.24, 2.45) is 0 Å². The molecule has 0 saturated carbocycles. The first kappa shape index (κ1) is 18.2. The second kappa shape index (κ2) is 8.55. The number of likely N-dealkylation sites (tertiary alicyclic amines) is 1. The van der Waals surface area contributed by atoms with Crippen LogP contribution < -0.4 is 5.32 Å². The molecule has 1 aliphatic heterocycles. The minimum atomic E-state index is -0.841. The van der Waals surface area contributed by atoms with Crippen molar-refractivity contribution in [3.8, 4) is 0 Å². The number of carboxylic acid groups (broad SMARTS) is 1. The zero-order valence-electron chi connectivity index (χ0n) is 11.4. The first-order valence-corrected chi connectivity index (χ1v) is 7.66. The number of carboxylic acids is 1. The lowest BCUT2D eigenvalue weighted by molar-refractivity contribution is -0.145. The smallest absolute Gasteiger partial charge is 0.320 e. The summed E-state index contributed by atoms with van der Waals surface area (Å²) in [4.78, 5) is 24.9. The number of carbonyl (C=O) groups is 2. The van der Waals surface area contributed by atoms with Crippen molar-refractivity contribution in [1.82, 2.24) is 4.90 Å². The SMILES string of the molecule is Cl.O=C(CN1CCCCC1C(=O)O)Nc1ccc(I)cc1. The highest BCUT2D eigenvalue weighted by Gasteiger charge is 2.29. The van der Waals surface area contributed by atoms with Crippen LogP contribution in [0.3, 0.4) is 0 Å². The lowest BCUT2D eigenvalue weighted by Gasteiger charge is -2.32. The number of halogens is 2. The summed E-state index contributed by atoms with van der Waals surface area (Å²) < 4.78 is 1.10. The molecule has 1 aromatic carbocycles. The minimum Gasteiger partial charge on any atom is -0.480 e. The molecule has 21 heavy (non-hydrogen) atoms. The van der Waals surface area contributed by atoms with E-state index in [9.17, 15) is 9.59 Å². The molecule has 2 rings (SSSR count). The van der Waals surface area contributed by atoms with Crippen LogP contribution in [0, 0.1) is 3.57 Å². The van der Waals surface area contributed by atoms with E-state index in [1.165, 1.54) is 0 Å². The number of benzene rings is 1. The van der Waals surface area contributed by atoms with Crippen molar-refractivity contribution in [1.29, 1.82) is 0 Å². The molecular formula is C14H18ClIN2O3. The Hall–Kier alpha value is -0.860. The van der Waals surface area contributed by atoms with Crippen molar-refractivity contribution in [2.75, 3.05) is 18.4 Å². The number of rotatable bonds is 4. The van der Waals surface area contributed by atoms with E-state index in [1.54, 1.807) is 4.90 Å². The van der Waals surface area contributed by atoms with Gasteiger partial charge in [0.15, 0.2) is 0 Å². The largest absolute Gasteiger partial charge is 0.480 e. The Balaban J connectivity index is 0.00000220. The summed E-state index contributed by atoms with van der Waals surface area (Å²) >= 11 is 2.20. The van der Waals surface area contributed by atoms with Gasteiger partial charge in [-0.1, -0.05) is 6.42 Å². The van der Waals surface area contributed by atoms with E-state index in [-0.39, 0.29) is 24.9 Å². The fraction of sp³-hybridized carbons (Fsp3) is 0.429. The van der Waals surface area contributed by atoms with Crippen molar-refractivity contribution in [2.45, 2.75) is 25.3 Å². The number of amides is 1. The topological polar surface area (TPSA) is 69.6 Å². The molecule has 0 radical (unpaired) electrons. The van der Waals surface area contributed by atoms with Crippen LogP contribution in [0.1, 0.15) is 19.3 Å². The Morgan fingerprint density at radius 1 is 1.29 bits per heavy atom. The summed E-state index contributed by atoms with van der Waals surface area (Å²) in [5.74, 6) is -1.01. The highest BCUT2D eigenvalue weighted by atomic mass is 127. The first-order valence-electron chi connectivity index (χ1n) is 6.58. The third-order valence-electron chi connectivity index (χ3n) is 3.37. The molecule has 1 atom stereocenters. The summed E-state index contributed by atoms with van der Waals surface area (Å²) in [5.41, 5.74) is 0.735. The number of piperidine rings is 1. The van der Waals surface area contributed by atoms with Gasteiger partial charge in [-0.05, 0) is 66.2 Å². The monoisotopic (exact) mass is 424 g/mol. The lowest BCUT2D eigenvalue weighted by Crippen LogP contribution is -2.47. The van der Waals surface area contributed by atoms with Gasteiger partial charge in [-0.3, -0.25) is 14.5 Å². The number of hydrogen-bond acceptors (Lipinski definition) is 3. The molecule has 1 heterocycles. The molecule has 1 saturated heterocycles. The number of nitrogens with zero attached hydrogens (tertiary/aromatic N) is 1. The molecule has 1 aromatic rings. The molecule has 116 valence electrons. The minimum absolute atomic E-state index is 0. The van der Waals surface area contributed by atoms with Crippen molar-refractivity contribution in [3.05, 3.63) is 27.8 Å². The van der Waals surface area contributed by atoms with Gasteiger partial charge in [0.2, 0.25) is 5.91 Å². The van der Waals surface area contributed by atoms with Crippen LogP contribution in [0.5, 0.6) is 0 Å². The van der Waals surface area contributed by atoms with Crippen molar-refractivity contribution >= 4 is 52.6 Å². The molecule has 1 unspecified atom stereocenters. The van der Waals surface area contributed by atoms with Gasteiger partial charge in [0.25, 0.3) is 0 Å². The molecule has 0 bridgehead atoms. The molecule has 2 N–H and O–H groups in total. The lowest BCUT2D eigenvalue weighted by atomic mass is 10.0. The standard InChI is InChI=1S/C14H17IN2O3.ClH/c15-10-4-6-11(7-5-10)16-13(18)9-17-8-2-1-3-12(17)14(19)20;/h4-7,12H,1-3,8-9H2,(H,16,18)(H,19,20);1H. The fourth-order valence-electron chi connectivity index (χ4n) is 2.38. The summed E-state index contributed by atoms with van der Waals surface area (Å²) in [6.45, 7) is 0.792. The molecule has 1 amide bonds. The number of hydrogen-bond donors (Lipinski definition) is 2. The Morgan fingerprint density at radius 2 is 1.95 bits per heavy atom. The molecule has 0 aliphatic carbocycles. The predicted molar refractivity (Wildman–Crippen MR) is 91.9 cm³/mol. The molecule has 0 spiro atoms. The van der Waals surface area contributed by atoms with Crippen LogP contribution in [-0.4, -0.2) is 41.0 Å². The van der Waals surface area contributed by atoms with Crippen LogP contribution in [0.25, 0.3) is 0 Å². The maximum atomic E-state index is 12.0. The van der Waals surface area contributed by atoms with Gasteiger partial charge in [-0.2, -0.15) is 0 Å². The summed E-state index contributed by atoms with van der Waals surface area (Å²) in [7, 11) is 0. The van der Waals surface area contributed by atoms with Gasteiger partial charge in [0, 0.05) is 9.26 Å². The van der Waals surface area contributed by atoms with Gasteiger partial charge >= 0.3 is 5.97 Å². The van der Waals surface area contributed by atoms with E-state index >= 15 is 0 Å². The third-order valence-corrected chi connectivity index (χ3v) is 4.09. The Morgan fingerprint density at radius 3 is 2.57 bits per heavy atom. The van der Waals surface area contributed by atoms with E-state index < -0.39 is 12.0 Å². The Labute approximate surface area is 143 Å². The van der Waals surface area contributed by atoms with Crippen LogP contribution >= 0.6 is 35.0 Å². The zero-order chi connectivity index (χ0) is 14.5. The Kier molecular flexibility index (Phi) is 7.41.